The zero-order valence-electron chi connectivity index (χ0n) is 24.0. The van der Waals surface area contributed by atoms with Crippen LogP contribution >= 0.6 is 0 Å². The van der Waals surface area contributed by atoms with E-state index >= 15 is 0 Å². The molecule has 43 heavy (non-hydrogen) atoms. The number of ketones is 2. The number of ether oxygens (including phenoxy) is 2. The summed E-state index contributed by atoms with van der Waals surface area (Å²) in [5.41, 5.74) is 3.56. The van der Waals surface area contributed by atoms with Gasteiger partial charge in [-0.2, -0.15) is 0 Å². The van der Waals surface area contributed by atoms with Crippen molar-refractivity contribution in [2.75, 3.05) is 24.4 Å². The van der Waals surface area contributed by atoms with Crippen LogP contribution in [0.25, 0.3) is 5.57 Å². The van der Waals surface area contributed by atoms with Crippen molar-refractivity contribution in [2.24, 2.45) is 5.92 Å². The van der Waals surface area contributed by atoms with Crippen molar-refractivity contribution < 1.29 is 23.9 Å². The second-order valence-electron chi connectivity index (χ2n) is 11.2. The maximum atomic E-state index is 15.0. The standard InChI is InChI=1S/C36H30N2O5/c1-21-19-30-36(27-12-5-6-13-28(27)37-35(36)41)31(33(39)23-9-8-10-25(20-23)43-3)32(38(30)29-14-7-4-11-26(21)29)34(40)22-15-17-24(42-2)18-16-22/h4-20,30-32H,1-3H3,(H,37,41)/t30-,31-,32+,36+/m1/s1. The van der Waals surface area contributed by atoms with E-state index in [9.17, 15) is 14.4 Å². The van der Waals surface area contributed by atoms with Gasteiger partial charge in [0, 0.05) is 28.1 Å². The molecule has 7 heteroatoms. The second kappa shape index (κ2) is 9.98. The summed E-state index contributed by atoms with van der Waals surface area (Å²) in [7, 11) is 3.11. The molecule has 0 bridgehead atoms. The predicted molar refractivity (Wildman–Crippen MR) is 165 cm³/mol. The third-order valence-electron chi connectivity index (χ3n) is 9.16. The Morgan fingerprint density at radius 3 is 2.28 bits per heavy atom. The first-order valence-corrected chi connectivity index (χ1v) is 14.2. The van der Waals surface area contributed by atoms with Gasteiger partial charge in [0.2, 0.25) is 5.91 Å². The third kappa shape index (κ3) is 3.77. The van der Waals surface area contributed by atoms with Crippen molar-refractivity contribution in [1.29, 1.82) is 0 Å². The summed E-state index contributed by atoms with van der Waals surface area (Å²) in [6, 6.07) is 27.6. The minimum atomic E-state index is -1.38. The molecule has 3 aliphatic rings. The largest absolute Gasteiger partial charge is 0.497 e. The number of benzene rings is 4. The van der Waals surface area contributed by atoms with E-state index in [-0.39, 0.29) is 17.5 Å². The molecule has 1 amide bonds. The van der Waals surface area contributed by atoms with E-state index in [4.69, 9.17) is 9.47 Å². The maximum absolute atomic E-state index is 15.0. The SMILES string of the molecule is COc1ccc(C(=O)[C@@H]2[C@H](C(=O)c3cccc(OC)c3)[C@@]3(C(=O)Nc4ccccc43)[C@H]3C=C(C)c4ccccc4N23)cc1. The van der Waals surface area contributed by atoms with E-state index in [2.05, 4.69) is 11.4 Å². The fourth-order valence-electron chi connectivity index (χ4n) is 7.27. The highest BCUT2D eigenvalue weighted by Crippen LogP contribution is 2.58. The number of amides is 1. The number of anilines is 2. The Morgan fingerprint density at radius 2 is 1.51 bits per heavy atom. The van der Waals surface area contributed by atoms with Crippen molar-refractivity contribution in [1.82, 2.24) is 0 Å². The lowest BCUT2D eigenvalue weighted by molar-refractivity contribution is -0.121. The Labute approximate surface area is 249 Å². The molecule has 4 atom stereocenters. The third-order valence-corrected chi connectivity index (χ3v) is 9.16. The lowest BCUT2D eigenvalue weighted by atomic mass is 9.64. The maximum Gasteiger partial charge on any atom is 0.238 e. The van der Waals surface area contributed by atoms with Crippen LogP contribution in [0.15, 0.2) is 103 Å². The number of carbonyl (C=O) groups excluding carboxylic acids is 3. The molecular weight excluding hydrogens is 540 g/mol. The molecule has 1 spiro atoms. The fraction of sp³-hybridized carbons (Fsp3) is 0.194. The molecule has 214 valence electrons. The van der Waals surface area contributed by atoms with Crippen molar-refractivity contribution in [3.8, 4) is 11.5 Å². The van der Waals surface area contributed by atoms with Gasteiger partial charge >= 0.3 is 0 Å². The van der Waals surface area contributed by atoms with Gasteiger partial charge < -0.3 is 19.7 Å². The molecule has 0 aromatic heterocycles. The van der Waals surface area contributed by atoms with Gasteiger partial charge in [0.05, 0.1) is 26.2 Å². The van der Waals surface area contributed by atoms with E-state index in [1.165, 1.54) is 0 Å². The highest BCUT2D eigenvalue weighted by molar-refractivity contribution is 6.18. The van der Waals surface area contributed by atoms with Crippen molar-refractivity contribution in [2.45, 2.75) is 24.4 Å². The first-order valence-electron chi connectivity index (χ1n) is 14.2. The molecule has 0 saturated carbocycles. The smallest absolute Gasteiger partial charge is 0.238 e. The van der Waals surface area contributed by atoms with Gasteiger partial charge in [-0.3, -0.25) is 14.4 Å². The lowest BCUT2D eigenvalue weighted by Gasteiger charge is -2.39. The van der Waals surface area contributed by atoms with Crippen molar-refractivity contribution in [3.63, 3.8) is 0 Å². The molecule has 1 saturated heterocycles. The number of fused-ring (bicyclic) bond motifs is 6. The van der Waals surface area contributed by atoms with Crippen LogP contribution in [-0.4, -0.2) is 43.8 Å². The molecule has 1 fully saturated rings. The van der Waals surface area contributed by atoms with Crippen LogP contribution in [0.5, 0.6) is 11.5 Å². The summed E-state index contributed by atoms with van der Waals surface area (Å²) in [5.74, 6) is -0.754. The van der Waals surface area contributed by atoms with E-state index in [1.807, 2.05) is 60.4 Å². The van der Waals surface area contributed by atoms with E-state index in [0.717, 1.165) is 16.8 Å². The number of rotatable bonds is 6. The Morgan fingerprint density at radius 1 is 0.791 bits per heavy atom. The molecule has 0 aliphatic carbocycles. The first kappa shape index (κ1) is 26.7. The molecule has 7 rings (SSSR count). The fourth-order valence-corrected chi connectivity index (χ4v) is 7.27. The van der Waals surface area contributed by atoms with Gasteiger partial charge in [-0.05, 0) is 66.6 Å². The van der Waals surface area contributed by atoms with Crippen LogP contribution in [0.4, 0.5) is 11.4 Å². The number of allylic oxidation sites excluding steroid dienone is 1. The molecule has 0 radical (unpaired) electrons. The topological polar surface area (TPSA) is 84.9 Å². The molecule has 4 aromatic carbocycles. The van der Waals surface area contributed by atoms with E-state index in [1.54, 1.807) is 62.8 Å². The molecular formula is C36H30N2O5. The number of hydrogen-bond acceptors (Lipinski definition) is 6. The highest BCUT2D eigenvalue weighted by Gasteiger charge is 2.70. The second-order valence-corrected chi connectivity index (χ2v) is 11.2. The first-order chi connectivity index (χ1) is 20.9. The van der Waals surface area contributed by atoms with Crippen LogP contribution in [0.3, 0.4) is 0 Å². The molecule has 3 aliphatic heterocycles. The number of hydrogen-bond donors (Lipinski definition) is 1. The molecule has 0 unspecified atom stereocenters. The average molecular weight is 571 g/mol. The van der Waals surface area contributed by atoms with Gasteiger partial charge in [0.25, 0.3) is 0 Å². The quantitative estimate of drug-likeness (QED) is 0.289. The van der Waals surface area contributed by atoms with Crippen molar-refractivity contribution >= 4 is 34.4 Å². The molecule has 3 heterocycles. The van der Waals surface area contributed by atoms with Crippen LogP contribution in [0.1, 0.15) is 38.8 Å². The highest BCUT2D eigenvalue weighted by atomic mass is 16.5. The summed E-state index contributed by atoms with van der Waals surface area (Å²) in [4.78, 5) is 46.3. The van der Waals surface area contributed by atoms with Gasteiger partial charge in [-0.1, -0.05) is 54.6 Å². The van der Waals surface area contributed by atoms with Gasteiger partial charge in [0.15, 0.2) is 11.6 Å². The molecule has 7 nitrogen and oxygen atoms in total. The number of nitrogens with one attached hydrogen (secondary N) is 1. The van der Waals surface area contributed by atoms with Gasteiger partial charge in [-0.15, -0.1) is 0 Å². The van der Waals surface area contributed by atoms with Crippen LogP contribution in [0.2, 0.25) is 0 Å². The van der Waals surface area contributed by atoms with Crippen LogP contribution in [0, 0.1) is 5.92 Å². The van der Waals surface area contributed by atoms with E-state index in [0.29, 0.717) is 33.9 Å². The van der Waals surface area contributed by atoms with Crippen LogP contribution in [-0.2, 0) is 10.2 Å². The summed E-state index contributed by atoms with van der Waals surface area (Å²) < 4.78 is 10.8. The zero-order valence-corrected chi connectivity index (χ0v) is 24.0. The minimum absolute atomic E-state index is 0.245. The normalized spacial score (nSPS) is 23.1. The zero-order chi connectivity index (χ0) is 29.9. The van der Waals surface area contributed by atoms with Crippen LogP contribution < -0.4 is 19.7 Å². The minimum Gasteiger partial charge on any atom is -0.497 e. The average Bonchev–Trinajstić information content (AvgIpc) is 3.52. The summed E-state index contributed by atoms with van der Waals surface area (Å²) in [6.45, 7) is 2.01. The molecule has 1 N–H and O–H groups in total. The van der Waals surface area contributed by atoms with Crippen molar-refractivity contribution in [3.05, 3.63) is 125 Å². The summed E-state index contributed by atoms with van der Waals surface area (Å²) in [6.07, 6.45) is 2.05. The predicted octanol–water partition coefficient (Wildman–Crippen LogP) is 5.95. The number of nitrogens with zero attached hydrogens (tertiary/aromatic N) is 1. The summed E-state index contributed by atoms with van der Waals surface area (Å²) >= 11 is 0. The van der Waals surface area contributed by atoms with Gasteiger partial charge in [-0.25, -0.2) is 0 Å². The lowest BCUT2D eigenvalue weighted by Crippen LogP contribution is -2.51. The Bertz CT molecular complexity index is 1830. The Kier molecular flexibility index (Phi) is 6.20. The Hall–Kier alpha value is -5.17. The number of para-hydroxylation sites is 2. The number of Topliss-reactive ketones (excluding diaryl/α,β-unsaturated/α-hetero) is 2. The van der Waals surface area contributed by atoms with E-state index < -0.39 is 23.4 Å². The number of carbonyl (C=O) groups is 3. The Balaban J connectivity index is 1.53. The number of methoxy groups -OCH3 is 2. The van der Waals surface area contributed by atoms with Gasteiger partial charge in [0.1, 0.15) is 23.0 Å². The molecule has 4 aromatic rings. The summed E-state index contributed by atoms with van der Waals surface area (Å²) in [5, 5.41) is 3.08. The monoisotopic (exact) mass is 570 g/mol.